The summed E-state index contributed by atoms with van der Waals surface area (Å²) in [5.41, 5.74) is 7.56. The van der Waals surface area contributed by atoms with Crippen molar-refractivity contribution in [3.05, 3.63) is 105 Å². The molecule has 0 aliphatic carbocycles. The van der Waals surface area contributed by atoms with Crippen molar-refractivity contribution in [2.24, 2.45) is 5.92 Å². The van der Waals surface area contributed by atoms with E-state index in [9.17, 15) is 4.79 Å². The number of piperidine rings is 1. The maximum atomic E-state index is 13.2. The van der Waals surface area contributed by atoms with Crippen molar-refractivity contribution in [1.82, 2.24) is 9.80 Å². The second kappa shape index (κ2) is 15.2. The third-order valence-corrected chi connectivity index (χ3v) is 8.71. The topological polar surface area (TPSA) is 23.6 Å². The van der Waals surface area contributed by atoms with Crippen molar-refractivity contribution in [2.75, 3.05) is 19.6 Å². The van der Waals surface area contributed by atoms with Gasteiger partial charge in [-0.15, -0.1) is 24.8 Å². The molecule has 3 aromatic carbocycles. The quantitative estimate of drug-likeness (QED) is 0.248. The average Bonchev–Trinajstić information content (AvgIpc) is 3.12. The van der Waals surface area contributed by atoms with Crippen LogP contribution in [0.3, 0.4) is 0 Å². The third-order valence-electron chi connectivity index (χ3n) is 8.34. The molecule has 0 radical (unpaired) electrons. The lowest BCUT2D eigenvalue weighted by Gasteiger charge is -2.32. The Kier molecular flexibility index (Phi) is 12.3. The highest BCUT2D eigenvalue weighted by Gasteiger charge is 2.22. The number of hydrogen-bond acceptors (Lipinski definition) is 3. The Morgan fingerprint density at radius 1 is 0.846 bits per heavy atom. The molecule has 0 unspecified atom stereocenters. The molecule has 1 saturated heterocycles. The van der Waals surface area contributed by atoms with Crippen LogP contribution in [0.25, 0.3) is 0 Å². The highest BCUT2D eigenvalue weighted by Crippen LogP contribution is 2.27. The van der Waals surface area contributed by atoms with Gasteiger partial charge in [0, 0.05) is 36.6 Å². The van der Waals surface area contributed by atoms with E-state index < -0.39 is 0 Å². The molecule has 3 aromatic rings. The molecule has 0 amide bonds. The first kappa shape index (κ1) is 31.6. The van der Waals surface area contributed by atoms with Gasteiger partial charge in [0.2, 0.25) is 0 Å². The first-order valence-electron chi connectivity index (χ1n) is 13.9. The molecule has 0 N–H and O–H groups in total. The molecule has 0 aromatic heterocycles. The van der Waals surface area contributed by atoms with Gasteiger partial charge in [0.1, 0.15) is 0 Å². The zero-order chi connectivity index (χ0) is 25.6. The average molecular weight is 588 g/mol. The molecule has 0 bridgehead atoms. The molecule has 0 spiro atoms. The van der Waals surface area contributed by atoms with E-state index in [0.29, 0.717) is 18.1 Å². The van der Waals surface area contributed by atoms with E-state index in [1.165, 1.54) is 40.7 Å². The Morgan fingerprint density at radius 2 is 1.54 bits per heavy atom. The summed E-state index contributed by atoms with van der Waals surface area (Å²) in [5.74, 6) is 0.955. The number of carbonyl (C=O) groups is 1. The largest absolute Gasteiger partial charge is 0.299 e. The molecule has 2 heterocycles. The zero-order valence-electron chi connectivity index (χ0n) is 22.9. The second-order valence-electron chi connectivity index (χ2n) is 11.0. The maximum absolute atomic E-state index is 13.2. The molecule has 3 nitrogen and oxygen atoms in total. The number of ketones is 1. The summed E-state index contributed by atoms with van der Waals surface area (Å²) in [6, 6.07) is 23.3. The van der Waals surface area contributed by atoms with Crippen molar-refractivity contribution in [3.63, 3.8) is 0 Å². The highest BCUT2D eigenvalue weighted by molar-refractivity contribution is 6.31. The number of carbonyl (C=O) groups excluding carboxylic acids is 1. The van der Waals surface area contributed by atoms with Crippen LogP contribution in [0.5, 0.6) is 0 Å². The van der Waals surface area contributed by atoms with Gasteiger partial charge in [-0.2, -0.15) is 0 Å². The lowest BCUT2D eigenvalue weighted by molar-refractivity contribution is 0.0961. The Hall–Kier alpha value is -1.88. The molecule has 210 valence electrons. The van der Waals surface area contributed by atoms with Gasteiger partial charge in [-0.25, -0.2) is 0 Å². The van der Waals surface area contributed by atoms with Gasteiger partial charge in [0.15, 0.2) is 5.78 Å². The second-order valence-corrected chi connectivity index (χ2v) is 11.4. The number of nitrogens with zero attached hydrogens (tertiary/aromatic N) is 2. The minimum Gasteiger partial charge on any atom is -0.299 e. The molecule has 1 fully saturated rings. The van der Waals surface area contributed by atoms with Crippen LogP contribution in [-0.4, -0.2) is 35.2 Å². The summed E-state index contributed by atoms with van der Waals surface area (Å²) >= 11 is 6.43. The zero-order valence-corrected chi connectivity index (χ0v) is 25.3. The Morgan fingerprint density at radius 3 is 2.28 bits per heavy atom. The van der Waals surface area contributed by atoms with Crippen LogP contribution < -0.4 is 0 Å². The van der Waals surface area contributed by atoms with Crippen molar-refractivity contribution < 1.29 is 4.79 Å². The molecule has 2 aliphatic heterocycles. The standard InChI is InChI=1S/C33H39ClN2O.2ClH/c1-25-7-2-3-8-29(25)22-35-19-16-26(17-20-35)12-15-33(37)28-14-13-27-10-6-18-36(24-31(27)21-28)23-30-9-4-5-11-32(30)34;;/h2-5,7-9,11,13-14,21,26H,6,10,12,15-20,22-24H2,1H3;2*1H. The Balaban J connectivity index is 0.00000210. The van der Waals surface area contributed by atoms with Crippen molar-refractivity contribution >= 4 is 42.2 Å². The molecule has 5 rings (SSSR count). The van der Waals surface area contributed by atoms with Gasteiger partial charge in [-0.1, -0.05) is 66.2 Å². The van der Waals surface area contributed by atoms with E-state index in [0.717, 1.165) is 69.1 Å². The predicted molar refractivity (Wildman–Crippen MR) is 168 cm³/mol. The number of halogens is 3. The van der Waals surface area contributed by atoms with Gasteiger partial charge >= 0.3 is 0 Å². The molecule has 0 saturated carbocycles. The van der Waals surface area contributed by atoms with E-state index in [-0.39, 0.29) is 24.8 Å². The van der Waals surface area contributed by atoms with E-state index in [1.54, 1.807) is 0 Å². The minimum atomic E-state index is 0. The fourth-order valence-electron chi connectivity index (χ4n) is 5.95. The molecule has 2 aliphatic rings. The smallest absolute Gasteiger partial charge is 0.162 e. The Labute approximate surface area is 251 Å². The SMILES string of the molecule is Cc1ccccc1CN1CCC(CCC(=O)c2ccc3c(c2)CN(Cc2ccccc2Cl)CCC3)CC1.Cl.Cl. The summed E-state index contributed by atoms with van der Waals surface area (Å²) in [6.07, 6.45) is 6.26. The molecule has 0 atom stereocenters. The van der Waals surface area contributed by atoms with Crippen LogP contribution in [0.1, 0.15) is 70.3 Å². The maximum Gasteiger partial charge on any atom is 0.162 e. The van der Waals surface area contributed by atoms with Crippen molar-refractivity contribution in [3.8, 4) is 0 Å². The van der Waals surface area contributed by atoms with E-state index in [4.69, 9.17) is 11.6 Å². The Bertz CT molecular complexity index is 1220. The molecular formula is C33H41Cl3N2O. The summed E-state index contributed by atoms with van der Waals surface area (Å²) < 4.78 is 0. The van der Waals surface area contributed by atoms with Crippen LogP contribution in [0.15, 0.2) is 66.7 Å². The lowest BCUT2D eigenvalue weighted by atomic mass is 9.89. The summed E-state index contributed by atoms with van der Waals surface area (Å²) in [7, 11) is 0. The lowest BCUT2D eigenvalue weighted by Crippen LogP contribution is -2.33. The van der Waals surface area contributed by atoms with Gasteiger partial charge in [-0.3, -0.25) is 14.6 Å². The first-order valence-corrected chi connectivity index (χ1v) is 14.3. The number of likely N-dealkylation sites (tertiary alicyclic amines) is 1. The van der Waals surface area contributed by atoms with Crippen molar-refractivity contribution in [1.29, 1.82) is 0 Å². The summed E-state index contributed by atoms with van der Waals surface area (Å²) in [5, 5.41) is 0.830. The fourth-order valence-corrected chi connectivity index (χ4v) is 6.14. The minimum absolute atomic E-state index is 0. The molecular weight excluding hydrogens is 547 g/mol. The number of fused-ring (bicyclic) bond motifs is 1. The first-order chi connectivity index (χ1) is 18.0. The van der Waals surface area contributed by atoms with Gasteiger partial charge in [0.05, 0.1) is 0 Å². The highest BCUT2D eigenvalue weighted by atomic mass is 35.5. The molecule has 39 heavy (non-hydrogen) atoms. The number of aryl methyl sites for hydroxylation is 2. The van der Waals surface area contributed by atoms with Crippen LogP contribution >= 0.6 is 36.4 Å². The van der Waals surface area contributed by atoms with Crippen LogP contribution in [0.4, 0.5) is 0 Å². The number of hydrogen-bond donors (Lipinski definition) is 0. The number of rotatable bonds is 8. The van der Waals surface area contributed by atoms with Gasteiger partial charge in [0.25, 0.3) is 0 Å². The van der Waals surface area contributed by atoms with Gasteiger partial charge < -0.3 is 0 Å². The fraction of sp³-hybridized carbons (Fsp3) is 0.424. The van der Waals surface area contributed by atoms with Gasteiger partial charge in [-0.05, 0) is 105 Å². The summed E-state index contributed by atoms with van der Waals surface area (Å²) in [6.45, 7) is 8.28. The van der Waals surface area contributed by atoms with E-state index >= 15 is 0 Å². The normalized spacial score (nSPS) is 16.5. The number of Topliss-reactive ketones (excluding diaryl/α,β-unsaturated/α-hetero) is 1. The van der Waals surface area contributed by atoms with Crippen LogP contribution in [0.2, 0.25) is 5.02 Å². The van der Waals surface area contributed by atoms with Crippen molar-refractivity contribution in [2.45, 2.75) is 65.1 Å². The van der Waals surface area contributed by atoms with Crippen LogP contribution in [0, 0.1) is 12.8 Å². The summed E-state index contributed by atoms with van der Waals surface area (Å²) in [4.78, 5) is 18.2. The van der Waals surface area contributed by atoms with Crippen LogP contribution in [-0.2, 0) is 26.1 Å². The number of benzene rings is 3. The van der Waals surface area contributed by atoms with E-state index in [1.807, 2.05) is 12.1 Å². The monoisotopic (exact) mass is 586 g/mol. The molecule has 6 heteroatoms. The predicted octanol–water partition coefficient (Wildman–Crippen LogP) is 8.32. The van der Waals surface area contributed by atoms with E-state index in [2.05, 4.69) is 71.3 Å². The third kappa shape index (κ3) is 8.55.